The molecule has 2 aromatic rings. The van der Waals surface area contributed by atoms with E-state index in [1.807, 2.05) is 11.3 Å². The lowest BCUT2D eigenvalue weighted by molar-refractivity contribution is 0.0291. The van der Waals surface area contributed by atoms with Crippen molar-refractivity contribution < 1.29 is 0 Å². The molecular formula is C19H26N2S. The fourth-order valence-corrected chi connectivity index (χ4v) is 5.71. The minimum Gasteiger partial charge on any atom is -0.328 e. The Morgan fingerprint density at radius 3 is 2.50 bits per heavy atom. The van der Waals surface area contributed by atoms with Gasteiger partial charge in [0.05, 0.1) is 5.54 Å². The minimum absolute atomic E-state index is 0.264. The molecule has 2 heterocycles. The third-order valence-corrected chi connectivity index (χ3v) is 7.01. The summed E-state index contributed by atoms with van der Waals surface area (Å²) >= 11 is 2.02. The molecule has 0 spiro atoms. The van der Waals surface area contributed by atoms with Crippen molar-refractivity contribution in [3.8, 4) is 0 Å². The lowest BCUT2D eigenvalue weighted by Gasteiger charge is -2.49. The van der Waals surface area contributed by atoms with E-state index in [4.69, 9.17) is 5.73 Å². The smallest absolute Gasteiger partial charge is 0.0555 e. The number of thiophene rings is 1. The number of benzene rings is 1. The predicted octanol–water partition coefficient (Wildman–Crippen LogP) is 4.48. The predicted molar refractivity (Wildman–Crippen MR) is 95.4 cm³/mol. The Labute approximate surface area is 137 Å². The molecule has 2 nitrogen and oxygen atoms in total. The van der Waals surface area contributed by atoms with Crippen molar-refractivity contribution in [2.45, 2.75) is 56.5 Å². The van der Waals surface area contributed by atoms with E-state index >= 15 is 0 Å². The zero-order valence-electron chi connectivity index (χ0n) is 13.3. The Kier molecular flexibility index (Phi) is 3.97. The van der Waals surface area contributed by atoms with Gasteiger partial charge >= 0.3 is 0 Å². The maximum atomic E-state index is 6.22. The Balaban J connectivity index is 1.75. The molecule has 0 amide bonds. The highest BCUT2D eigenvalue weighted by molar-refractivity contribution is 7.19. The molecular weight excluding hydrogens is 288 g/mol. The van der Waals surface area contributed by atoms with E-state index in [2.05, 4.69) is 35.2 Å². The second kappa shape index (κ2) is 5.95. The van der Waals surface area contributed by atoms with Gasteiger partial charge in [-0.25, -0.2) is 0 Å². The van der Waals surface area contributed by atoms with Gasteiger partial charge in [0, 0.05) is 15.6 Å². The number of likely N-dealkylation sites (tertiary alicyclic amines) is 1. The molecule has 2 fully saturated rings. The summed E-state index contributed by atoms with van der Waals surface area (Å²) in [5.41, 5.74) is 6.49. The maximum absolute atomic E-state index is 6.22. The van der Waals surface area contributed by atoms with Gasteiger partial charge in [-0.15, -0.1) is 11.3 Å². The second-order valence-corrected chi connectivity index (χ2v) is 8.15. The van der Waals surface area contributed by atoms with Crippen LogP contribution in [0.15, 0.2) is 30.3 Å². The molecule has 1 aliphatic heterocycles. The Morgan fingerprint density at radius 2 is 1.77 bits per heavy atom. The topological polar surface area (TPSA) is 29.3 Å². The van der Waals surface area contributed by atoms with Crippen LogP contribution in [0, 0.1) is 0 Å². The number of nitrogens with zero attached hydrogens (tertiary/aromatic N) is 1. The third kappa shape index (κ3) is 2.49. The number of nitrogens with two attached hydrogens (primary N) is 1. The molecule has 4 rings (SSSR count). The van der Waals surface area contributed by atoms with Gasteiger partial charge in [0.25, 0.3) is 0 Å². The first-order valence-electron chi connectivity index (χ1n) is 8.78. The maximum Gasteiger partial charge on any atom is 0.0555 e. The first-order valence-corrected chi connectivity index (χ1v) is 9.59. The van der Waals surface area contributed by atoms with E-state index in [0.29, 0.717) is 6.04 Å². The van der Waals surface area contributed by atoms with Gasteiger partial charge in [0.1, 0.15) is 0 Å². The molecule has 1 aliphatic carbocycles. The molecule has 0 bridgehead atoms. The van der Waals surface area contributed by atoms with E-state index < -0.39 is 0 Å². The van der Waals surface area contributed by atoms with Gasteiger partial charge in [-0.05, 0) is 69.1 Å². The van der Waals surface area contributed by atoms with E-state index in [1.54, 1.807) is 4.88 Å². The first kappa shape index (κ1) is 14.7. The highest BCUT2D eigenvalue weighted by Crippen LogP contribution is 2.47. The summed E-state index contributed by atoms with van der Waals surface area (Å²) in [4.78, 5) is 4.38. The molecule has 22 heavy (non-hydrogen) atoms. The van der Waals surface area contributed by atoms with Gasteiger partial charge in [-0.2, -0.15) is 0 Å². The first-order chi connectivity index (χ1) is 10.8. The molecule has 3 heteroatoms. The van der Waals surface area contributed by atoms with E-state index in [0.717, 1.165) is 0 Å². The van der Waals surface area contributed by atoms with Crippen LogP contribution in [0.25, 0.3) is 10.1 Å². The molecule has 1 aromatic carbocycles. The molecule has 1 saturated heterocycles. The number of rotatable bonds is 2. The van der Waals surface area contributed by atoms with Crippen molar-refractivity contribution in [3.05, 3.63) is 35.2 Å². The number of hydrogen-bond acceptors (Lipinski definition) is 3. The van der Waals surface area contributed by atoms with Gasteiger partial charge in [0.2, 0.25) is 0 Å². The molecule has 2 aliphatic rings. The van der Waals surface area contributed by atoms with Crippen LogP contribution in [0.4, 0.5) is 0 Å². The SMILES string of the molecule is NC1CCC(c2cc3ccccc3s2)(N2CCCCC2)CC1. The van der Waals surface area contributed by atoms with Crippen LogP contribution >= 0.6 is 11.3 Å². The lowest BCUT2D eigenvalue weighted by Crippen LogP contribution is -2.51. The summed E-state index contributed by atoms with van der Waals surface area (Å²) in [6.45, 7) is 2.53. The molecule has 2 N–H and O–H groups in total. The largest absolute Gasteiger partial charge is 0.328 e. The molecule has 1 aromatic heterocycles. The fraction of sp³-hybridized carbons (Fsp3) is 0.579. The Morgan fingerprint density at radius 1 is 1.05 bits per heavy atom. The van der Waals surface area contributed by atoms with Crippen molar-refractivity contribution in [2.24, 2.45) is 5.73 Å². The Bertz CT molecular complexity index is 601. The van der Waals surface area contributed by atoms with Gasteiger partial charge in [-0.3, -0.25) is 4.90 Å². The lowest BCUT2D eigenvalue weighted by atomic mass is 9.76. The van der Waals surface area contributed by atoms with Gasteiger partial charge in [-0.1, -0.05) is 24.6 Å². The minimum atomic E-state index is 0.264. The van der Waals surface area contributed by atoms with Crippen molar-refractivity contribution in [3.63, 3.8) is 0 Å². The zero-order chi connectivity index (χ0) is 15.0. The van der Waals surface area contributed by atoms with E-state index in [-0.39, 0.29) is 5.54 Å². The van der Waals surface area contributed by atoms with Gasteiger partial charge in [0.15, 0.2) is 0 Å². The van der Waals surface area contributed by atoms with Gasteiger partial charge < -0.3 is 5.73 Å². The molecule has 0 atom stereocenters. The summed E-state index contributed by atoms with van der Waals surface area (Å²) in [6.07, 6.45) is 8.94. The fourth-order valence-electron chi connectivity index (χ4n) is 4.37. The van der Waals surface area contributed by atoms with E-state index in [1.165, 1.54) is 68.1 Å². The molecule has 118 valence electrons. The van der Waals surface area contributed by atoms with Crippen molar-refractivity contribution in [1.29, 1.82) is 0 Å². The summed E-state index contributed by atoms with van der Waals surface area (Å²) in [5.74, 6) is 0. The normalized spacial score (nSPS) is 30.7. The monoisotopic (exact) mass is 314 g/mol. The van der Waals surface area contributed by atoms with Crippen LogP contribution in [0.5, 0.6) is 0 Å². The zero-order valence-corrected chi connectivity index (χ0v) is 14.1. The van der Waals surface area contributed by atoms with Crippen LogP contribution in [0.1, 0.15) is 49.8 Å². The average Bonchev–Trinajstić information content (AvgIpc) is 3.01. The van der Waals surface area contributed by atoms with Crippen LogP contribution in [0.2, 0.25) is 0 Å². The highest BCUT2D eigenvalue weighted by atomic mass is 32.1. The summed E-state index contributed by atoms with van der Waals surface area (Å²) < 4.78 is 1.43. The number of fused-ring (bicyclic) bond motifs is 1. The van der Waals surface area contributed by atoms with Crippen molar-refractivity contribution in [1.82, 2.24) is 4.90 Å². The second-order valence-electron chi connectivity index (χ2n) is 7.07. The highest BCUT2D eigenvalue weighted by Gasteiger charge is 2.42. The average molecular weight is 314 g/mol. The summed E-state index contributed by atoms with van der Waals surface area (Å²) in [7, 11) is 0. The quantitative estimate of drug-likeness (QED) is 0.885. The summed E-state index contributed by atoms with van der Waals surface area (Å²) in [5, 5.41) is 1.41. The molecule has 0 unspecified atom stereocenters. The summed E-state index contributed by atoms with van der Waals surface area (Å²) in [6, 6.07) is 11.7. The van der Waals surface area contributed by atoms with Crippen LogP contribution in [0.3, 0.4) is 0 Å². The third-order valence-electron chi connectivity index (χ3n) is 5.70. The van der Waals surface area contributed by atoms with Crippen LogP contribution in [-0.2, 0) is 5.54 Å². The molecule has 0 radical (unpaired) electrons. The van der Waals surface area contributed by atoms with Crippen molar-refractivity contribution >= 4 is 21.4 Å². The number of piperidine rings is 1. The van der Waals surface area contributed by atoms with E-state index in [9.17, 15) is 0 Å². The van der Waals surface area contributed by atoms with Crippen LogP contribution < -0.4 is 5.73 Å². The Hall–Kier alpha value is -0.900. The van der Waals surface area contributed by atoms with Crippen LogP contribution in [-0.4, -0.2) is 24.0 Å². The van der Waals surface area contributed by atoms with Crippen molar-refractivity contribution in [2.75, 3.05) is 13.1 Å². The molecule has 1 saturated carbocycles. The standard InChI is InChI=1S/C19H26N2S/c20-16-8-10-19(11-9-16,21-12-4-1-5-13-21)18-14-15-6-2-3-7-17(15)22-18/h2-3,6-7,14,16H,1,4-5,8-13,20H2. The number of hydrogen-bond donors (Lipinski definition) is 1.